The summed E-state index contributed by atoms with van der Waals surface area (Å²) in [5.74, 6) is -1.82. The molecule has 5 nitrogen and oxygen atoms in total. The molecule has 1 heterocycles. The Morgan fingerprint density at radius 1 is 0.919 bits per heavy atom. The number of rotatable bonds is 9. The lowest BCUT2D eigenvalue weighted by molar-refractivity contribution is -0.202. The van der Waals surface area contributed by atoms with Crippen LogP contribution < -0.4 is 14.8 Å². The molecule has 37 heavy (non-hydrogen) atoms. The molecule has 0 saturated carbocycles. The predicted molar refractivity (Wildman–Crippen MR) is 111 cm³/mol. The van der Waals surface area contributed by atoms with Crippen molar-refractivity contribution in [3.8, 4) is 17.4 Å². The summed E-state index contributed by atoms with van der Waals surface area (Å²) >= 11 is 0. The van der Waals surface area contributed by atoms with Gasteiger partial charge in [-0.1, -0.05) is 18.2 Å². The minimum atomic E-state index is -5.01. The molecule has 1 unspecified atom stereocenters. The first-order chi connectivity index (χ1) is 17.2. The SMILES string of the molecule is O[C@H](CNC(c1cccc(Oc2ccnc(OC(F)F)c2)c1)c1ccc(C(F)(F)F)cc1F)C(F)(F)F. The highest BCUT2D eigenvalue weighted by Gasteiger charge is 2.38. The molecule has 200 valence electrons. The van der Waals surface area contributed by atoms with Gasteiger partial charge in [0.15, 0.2) is 6.10 Å². The Labute approximate surface area is 203 Å². The van der Waals surface area contributed by atoms with Crippen LogP contribution in [0.25, 0.3) is 0 Å². The molecule has 0 aliphatic rings. The number of benzene rings is 2. The monoisotopic (exact) mass is 540 g/mol. The lowest BCUT2D eigenvalue weighted by atomic mass is 9.96. The van der Waals surface area contributed by atoms with E-state index in [2.05, 4.69) is 15.0 Å². The maximum absolute atomic E-state index is 14.7. The van der Waals surface area contributed by atoms with Crippen molar-refractivity contribution in [1.29, 1.82) is 0 Å². The number of aliphatic hydroxyl groups excluding tert-OH is 1. The summed E-state index contributed by atoms with van der Waals surface area (Å²) in [5, 5.41) is 11.7. The second-order valence-electron chi connectivity index (χ2n) is 7.52. The third-order valence-corrected chi connectivity index (χ3v) is 4.88. The maximum atomic E-state index is 14.7. The van der Waals surface area contributed by atoms with Gasteiger partial charge in [-0.15, -0.1) is 0 Å². The molecule has 0 aliphatic heterocycles. The average Bonchev–Trinajstić information content (AvgIpc) is 2.78. The highest BCUT2D eigenvalue weighted by Crippen LogP contribution is 2.34. The lowest BCUT2D eigenvalue weighted by Gasteiger charge is -2.24. The van der Waals surface area contributed by atoms with Gasteiger partial charge < -0.3 is 19.9 Å². The Hall–Kier alpha value is -3.52. The summed E-state index contributed by atoms with van der Waals surface area (Å²) in [4.78, 5) is 3.57. The molecule has 0 aliphatic carbocycles. The van der Waals surface area contributed by atoms with Crippen LogP contribution in [-0.2, 0) is 6.18 Å². The van der Waals surface area contributed by atoms with Gasteiger partial charge in [0.05, 0.1) is 11.6 Å². The number of pyridine rings is 1. The number of hydrogen-bond acceptors (Lipinski definition) is 5. The number of halogens is 9. The van der Waals surface area contributed by atoms with E-state index in [0.29, 0.717) is 6.07 Å². The fourth-order valence-corrected chi connectivity index (χ4v) is 3.19. The Kier molecular flexibility index (Phi) is 8.53. The van der Waals surface area contributed by atoms with E-state index in [0.717, 1.165) is 18.3 Å². The molecule has 2 aromatic carbocycles. The fourth-order valence-electron chi connectivity index (χ4n) is 3.19. The van der Waals surface area contributed by atoms with E-state index in [1.54, 1.807) is 0 Å². The Balaban J connectivity index is 1.95. The van der Waals surface area contributed by atoms with E-state index < -0.39 is 60.5 Å². The van der Waals surface area contributed by atoms with Crippen molar-refractivity contribution in [1.82, 2.24) is 10.3 Å². The number of nitrogens with zero attached hydrogens (tertiary/aromatic N) is 1. The zero-order chi connectivity index (χ0) is 27.4. The van der Waals surface area contributed by atoms with Gasteiger partial charge in [-0.2, -0.15) is 35.1 Å². The molecule has 2 atom stereocenters. The van der Waals surface area contributed by atoms with Crippen LogP contribution in [0.2, 0.25) is 0 Å². The molecular formula is C23H17F9N2O3. The molecule has 2 N–H and O–H groups in total. The van der Waals surface area contributed by atoms with Crippen molar-refractivity contribution in [2.24, 2.45) is 0 Å². The number of alkyl halides is 8. The molecule has 1 aromatic heterocycles. The molecule has 0 radical (unpaired) electrons. The number of ether oxygens (including phenoxy) is 2. The van der Waals surface area contributed by atoms with E-state index in [-0.39, 0.29) is 23.1 Å². The first kappa shape index (κ1) is 28.1. The maximum Gasteiger partial charge on any atom is 0.416 e. The number of hydrogen-bond donors (Lipinski definition) is 2. The quantitative estimate of drug-likeness (QED) is 0.315. The van der Waals surface area contributed by atoms with Gasteiger partial charge in [0.2, 0.25) is 5.88 Å². The summed E-state index contributed by atoms with van der Waals surface area (Å²) in [6.07, 6.45) is -11.6. The van der Waals surface area contributed by atoms with Crippen molar-refractivity contribution in [2.75, 3.05) is 6.54 Å². The summed E-state index contributed by atoms with van der Waals surface area (Å²) < 4.78 is 127. The molecule has 0 fully saturated rings. The Morgan fingerprint density at radius 3 is 2.24 bits per heavy atom. The van der Waals surface area contributed by atoms with Gasteiger partial charge in [-0.3, -0.25) is 0 Å². The standard InChI is InChI=1S/C23H17F9N2O3/c24-17-9-13(22(27,28)29)4-5-16(17)20(34-11-18(35)23(30,31)32)12-2-1-3-14(8-12)36-15-6-7-33-19(10-15)37-21(25)26/h1-10,18,20-21,34-35H,11H2/t18-,20?/m1/s1. The summed E-state index contributed by atoms with van der Waals surface area (Å²) in [7, 11) is 0. The highest BCUT2D eigenvalue weighted by molar-refractivity contribution is 5.41. The van der Waals surface area contributed by atoms with Crippen LogP contribution in [0.1, 0.15) is 22.7 Å². The van der Waals surface area contributed by atoms with Crippen molar-refractivity contribution in [3.05, 3.63) is 83.3 Å². The first-order valence-electron chi connectivity index (χ1n) is 10.3. The topological polar surface area (TPSA) is 63.6 Å². The van der Waals surface area contributed by atoms with E-state index >= 15 is 0 Å². The lowest BCUT2D eigenvalue weighted by Crippen LogP contribution is -2.40. The van der Waals surface area contributed by atoms with Crippen LogP contribution in [0, 0.1) is 5.82 Å². The first-order valence-corrected chi connectivity index (χ1v) is 10.3. The summed E-state index contributed by atoms with van der Waals surface area (Å²) in [5.41, 5.74) is -1.68. The normalized spacial score (nSPS) is 13.9. The minimum absolute atomic E-state index is 0.0134. The van der Waals surface area contributed by atoms with Crippen LogP contribution in [0.4, 0.5) is 39.5 Å². The van der Waals surface area contributed by atoms with E-state index in [1.165, 1.54) is 30.3 Å². The van der Waals surface area contributed by atoms with Crippen molar-refractivity contribution in [2.45, 2.75) is 31.1 Å². The molecule has 0 spiro atoms. The van der Waals surface area contributed by atoms with Crippen LogP contribution >= 0.6 is 0 Å². The minimum Gasteiger partial charge on any atom is -0.457 e. The van der Waals surface area contributed by atoms with Crippen LogP contribution in [-0.4, -0.2) is 35.5 Å². The van der Waals surface area contributed by atoms with Crippen molar-refractivity contribution >= 4 is 0 Å². The van der Waals surface area contributed by atoms with Crippen molar-refractivity contribution in [3.63, 3.8) is 0 Å². The number of aliphatic hydroxyl groups is 1. The molecule has 0 saturated heterocycles. The molecule has 3 rings (SSSR count). The highest BCUT2D eigenvalue weighted by atomic mass is 19.4. The molecular weight excluding hydrogens is 523 g/mol. The van der Waals surface area contributed by atoms with E-state index in [9.17, 15) is 44.6 Å². The van der Waals surface area contributed by atoms with Crippen molar-refractivity contribution < 1.29 is 54.1 Å². The van der Waals surface area contributed by atoms with Gasteiger partial charge >= 0.3 is 19.0 Å². The van der Waals surface area contributed by atoms with Crippen LogP contribution in [0.5, 0.6) is 17.4 Å². The zero-order valence-electron chi connectivity index (χ0n) is 18.3. The smallest absolute Gasteiger partial charge is 0.416 e. The Bertz CT molecular complexity index is 1200. The third-order valence-electron chi connectivity index (χ3n) is 4.88. The second-order valence-corrected chi connectivity index (χ2v) is 7.52. The second kappa shape index (κ2) is 11.3. The molecule has 0 amide bonds. The average molecular weight is 540 g/mol. The Morgan fingerprint density at radius 2 is 1.62 bits per heavy atom. The summed E-state index contributed by atoms with van der Waals surface area (Å²) in [6, 6.07) is 7.71. The van der Waals surface area contributed by atoms with Gasteiger partial charge in [0.1, 0.15) is 17.3 Å². The number of aromatic nitrogens is 1. The van der Waals surface area contributed by atoms with Gasteiger partial charge in [0, 0.05) is 24.4 Å². The van der Waals surface area contributed by atoms with E-state index in [1.807, 2.05) is 0 Å². The zero-order valence-corrected chi connectivity index (χ0v) is 18.3. The summed E-state index contributed by atoms with van der Waals surface area (Å²) in [6.45, 7) is -4.26. The predicted octanol–water partition coefficient (Wildman–Crippen LogP) is 6.24. The largest absolute Gasteiger partial charge is 0.457 e. The molecule has 0 bridgehead atoms. The van der Waals surface area contributed by atoms with E-state index in [4.69, 9.17) is 4.74 Å². The fraction of sp³-hybridized carbons (Fsp3) is 0.261. The molecule has 3 aromatic rings. The van der Waals surface area contributed by atoms with Gasteiger partial charge in [0.25, 0.3) is 0 Å². The molecule has 14 heteroatoms. The van der Waals surface area contributed by atoms with Crippen LogP contribution in [0.15, 0.2) is 60.8 Å². The van der Waals surface area contributed by atoms with Crippen LogP contribution in [0.3, 0.4) is 0 Å². The number of nitrogens with one attached hydrogen (secondary N) is 1. The van der Waals surface area contributed by atoms with Gasteiger partial charge in [-0.05, 0) is 35.9 Å². The third kappa shape index (κ3) is 7.73. The van der Waals surface area contributed by atoms with Gasteiger partial charge in [-0.25, -0.2) is 9.37 Å².